The first-order valence-electron chi connectivity index (χ1n) is 5.09. The number of rotatable bonds is 4. The van der Waals surface area contributed by atoms with Crippen molar-refractivity contribution in [2.45, 2.75) is 19.1 Å². The van der Waals surface area contributed by atoms with E-state index < -0.39 is 18.2 Å². The van der Waals surface area contributed by atoms with Crippen LogP contribution in [0.25, 0.3) is 0 Å². The first kappa shape index (κ1) is 15.5. The summed E-state index contributed by atoms with van der Waals surface area (Å²) < 4.78 is 18.3. The molecule has 2 atom stereocenters. The van der Waals surface area contributed by atoms with Gasteiger partial charge in [0.05, 0.1) is 22.7 Å². The van der Waals surface area contributed by atoms with Crippen LogP contribution in [-0.4, -0.2) is 18.7 Å². The summed E-state index contributed by atoms with van der Waals surface area (Å²) in [5.41, 5.74) is 5.79. The molecule has 7 heteroatoms. The van der Waals surface area contributed by atoms with E-state index >= 15 is 0 Å². The molecule has 18 heavy (non-hydrogen) atoms. The van der Waals surface area contributed by atoms with Crippen LogP contribution in [0.1, 0.15) is 18.5 Å². The van der Waals surface area contributed by atoms with Crippen LogP contribution in [-0.2, 0) is 9.53 Å². The Hall–Kier alpha value is -0.550. The Bertz CT molecular complexity index is 456. The molecule has 3 nitrogen and oxygen atoms in total. The molecule has 1 unspecified atom stereocenters. The minimum atomic E-state index is -2.03. The van der Waals surface area contributed by atoms with Crippen molar-refractivity contribution in [1.29, 1.82) is 0 Å². The van der Waals surface area contributed by atoms with Gasteiger partial charge >= 0.3 is 5.97 Å². The lowest BCUT2D eigenvalue weighted by atomic mass is 10.0. The van der Waals surface area contributed by atoms with Crippen molar-refractivity contribution in [1.82, 2.24) is 0 Å². The van der Waals surface area contributed by atoms with E-state index in [1.165, 1.54) is 12.1 Å². The number of nitrogens with two attached hydrogens (primary N) is 1. The first-order chi connectivity index (χ1) is 8.38. The third-order valence-corrected chi connectivity index (χ3v) is 3.24. The fraction of sp³-hybridized carbons (Fsp3) is 0.364. The molecule has 0 aliphatic carbocycles. The van der Waals surface area contributed by atoms with Crippen LogP contribution < -0.4 is 5.73 Å². The molecule has 0 aliphatic rings. The minimum absolute atomic E-state index is 0.0655. The lowest BCUT2D eigenvalue weighted by Crippen LogP contribution is -2.31. The van der Waals surface area contributed by atoms with Crippen LogP contribution in [0.15, 0.2) is 12.1 Å². The van der Waals surface area contributed by atoms with Gasteiger partial charge in [-0.05, 0) is 24.6 Å². The van der Waals surface area contributed by atoms with Gasteiger partial charge in [-0.1, -0.05) is 34.8 Å². The molecule has 0 spiro atoms. The summed E-state index contributed by atoms with van der Waals surface area (Å²) in [4.78, 5) is 11.3. The molecule has 100 valence electrons. The van der Waals surface area contributed by atoms with E-state index in [1.54, 1.807) is 6.92 Å². The third kappa shape index (κ3) is 3.48. The van der Waals surface area contributed by atoms with Crippen LogP contribution in [0.5, 0.6) is 0 Å². The number of hydrogen-bond acceptors (Lipinski definition) is 3. The fourth-order valence-electron chi connectivity index (χ4n) is 1.34. The van der Waals surface area contributed by atoms with E-state index in [0.29, 0.717) is 0 Å². The zero-order chi connectivity index (χ0) is 13.9. The van der Waals surface area contributed by atoms with Crippen molar-refractivity contribution in [3.8, 4) is 0 Å². The van der Waals surface area contributed by atoms with Gasteiger partial charge in [0.25, 0.3) is 0 Å². The largest absolute Gasteiger partial charge is 0.464 e. The average molecular weight is 315 g/mol. The number of carbonyl (C=O) groups excluding carboxylic acids is 1. The Balaban J connectivity index is 3.03. The maximum Gasteiger partial charge on any atom is 0.342 e. The van der Waals surface area contributed by atoms with Crippen LogP contribution in [0, 0.1) is 0 Å². The van der Waals surface area contributed by atoms with Gasteiger partial charge in [-0.15, -0.1) is 0 Å². The molecule has 0 saturated heterocycles. The highest BCUT2D eigenvalue weighted by atomic mass is 35.5. The van der Waals surface area contributed by atoms with Crippen molar-refractivity contribution < 1.29 is 13.9 Å². The van der Waals surface area contributed by atoms with Crippen molar-refractivity contribution in [3.05, 3.63) is 32.8 Å². The fourth-order valence-corrected chi connectivity index (χ4v) is 2.09. The molecule has 0 bridgehead atoms. The smallest absolute Gasteiger partial charge is 0.342 e. The molecule has 0 aliphatic heterocycles. The van der Waals surface area contributed by atoms with E-state index in [-0.39, 0.29) is 27.2 Å². The summed E-state index contributed by atoms with van der Waals surface area (Å²) in [6, 6.07) is 1.48. The van der Waals surface area contributed by atoms with Gasteiger partial charge < -0.3 is 10.5 Å². The SMILES string of the molecule is CCOC(=O)C(F)[C@@H](N)c1cc(Cl)cc(Cl)c1Cl. The molecule has 1 aromatic carbocycles. The van der Waals surface area contributed by atoms with Crippen LogP contribution in [0.2, 0.25) is 15.1 Å². The normalized spacial score (nSPS) is 14.1. The molecule has 0 fully saturated rings. The molecule has 0 aromatic heterocycles. The van der Waals surface area contributed by atoms with Gasteiger partial charge in [0.15, 0.2) is 0 Å². The molecule has 1 rings (SSSR count). The van der Waals surface area contributed by atoms with Gasteiger partial charge in [-0.3, -0.25) is 0 Å². The van der Waals surface area contributed by atoms with Gasteiger partial charge in [-0.25, -0.2) is 9.18 Å². The lowest BCUT2D eigenvalue weighted by Gasteiger charge is -2.18. The second-order valence-corrected chi connectivity index (χ2v) is 4.69. The highest BCUT2D eigenvalue weighted by Crippen LogP contribution is 2.34. The number of ether oxygens (including phenoxy) is 1. The Kier molecular flexibility index (Phi) is 5.66. The molecule has 0 heterocycles. The van der Waals surface area contributed by atoms with E-state index in [1.807, 2.05) is 0 Å². The topological polar surface area (TPSA) is 52.3 Å². The predicted molar refractivity (Wildman–Crippen MR) is 69.9 cm³/mol. The number of hydrogen-bond donors (Lipinski definition) is 1. The number of halogens is 4. The van der Waals surface area contributed by atoms with Crippen LogP contribution in [0.4, 0.5) is 4.39 Å². The highest BCUT2D eigenvalue weighted by molar-refractivity contribution is 6.43. The van der Waals surface area contributed by atoms with Crippen LogP contribution in [0.3, 0.4) is 0 Å². The number of benzene rings is 1. The summed E-state index contributed by atoms with van der Waals surface area (Å²) in [7, 11) is 0. The zero-order valence-electron chi connectivity index (χ0n) is 9.42. The van der Waals surface area contributed by atoms with Crippen molar-refractivity contribution >= 4 is 40.8 Å². The van der Waals surface area contributed by atoms with E-state index in [4.69, 9.17) is 40.5 Å². The number of carbonyl (C=O) groups is 1. The monoisotopic (exact) mass is 313 g/mol. The van der Waals surface area contributed by atoms with E-state index in [9.17, 15) is 9.18 Å². The summed E-state index contributed by atoms with van der Waals surface area (Å²) in [6.07, 6.45) is -2.03. The summed E-state index contributed by atoms with van der Waals surface area (Å²) >= 11 is 17.5. The van der Waals surface area contributed by atoms with Crippen molar-refractivity contribution in [2.24, 2.45) is 5.73 Å². The maximum absolute atomic E-state index is 13.8. The Morgan fingerprint density at radius 1 is 1.44 bits per heavy atom. The van der Waals surface area contributed by atoms with Gasteiger partial charge in [0.1, 0.15) is 0 Å². The standard InChI is InChI=1S/C11H11Cl3FNO2/c1-2-18-11(17)9(15)10(16)6-3-5(12)4-7(13)8(6)14/h3-4,9-10H,2,16H2,1H3/t9?,10-/m0/s1. The summed E-state index contributed by atoms with van der Waals surface area (Å²) in [6.45, 7) is 1.63. The maximum atomic E-state index is 13.8. The molecule has 2 N–H and O–H groups in total. The minimum Gasteiger partial charge on any atom is -0.464 e. The average Bonchev–Trinajstić information content (AvgIpc) is 2.32. The Morgan fingerprint density at radius 3 is 2.61 bits per heavy atom. The molecule has 0 amide bonds. The van der Waals surface area contributed by atoms with E-state index in [0.717, 1.165) is 0 Å². The molecule has 0 radical (unpaired) electrons. The zero-order valence-corrected chi connectivity index (χ0v) is 11.7. The third-order valence-electron chi connectivity index (χ3n) is 2.21. The van der Waals surface area contributed by atoms with Crippen LogP contribution >= 0.6 is 34.8 Å². The Morgan fingerprint density at radius 2 is 2.06 bits per heavy atom. The number of esters is 1. The Labute approximate surface area is 119 Å². The molecule has 0 saturated carbocycles. The van der Waals surface area contributed by atoms with E-state index in [2.05, 4.69) is 4.74 Å². The first-order valence-corrected chi connectivity index (χ1v) is 6.22. The lowest BCUT2D eigenvalue weighted by molar-refractivity contribution is -0.149. The molecular formula is C11H11Cl3FNO2. The quantitative estimate of drug-likeness (QED) is 0.683. The van der Waals surface area contributed by atoms with Gasteiger partial charge in [0, 0.05) is 5.02 Å². The number of alkyl halides is 1. The molecular weight excluding hydrogens is 303 g/mol. The second kappa shape index (κ2) is 6.57. The van der Waals surface area contributed by atoms with Crippen molar-refractivity contribution in [3.63, 3.8) is 0 Å². The second-order valence-electron chi connectivity index (χ2n) is 3.47. The van der Waals surface area contributed by atoms with Gasteiger partial charge in [0.2, 0.25) is 6.17 Å². The summed E-state index contributed by atoms with van der Waals surface area (Å²) in [5, 5.41) is 0.470. The predicted octanol–water partition coefficient (Wildman–Crippen LogP) is 3.55. The highest BCUT2D eigenvalue weighted by Gasteiger charge is 2.30. The summed E-state index contributed by atoms with van der Waals surface area (Å²) in [5.74, 6) is -1.04. The molecule has 1 aromatic rings. The van der Waals surface area contributed by atoms with Gasteiger partial charge in [-0.2, -0.15) is 0 Å². The van der Waals surface area contributed by atoms with Crippen molar-refractivity contribution in [2.75, 3.05) is 6.61 Å².